The molecule has 1 spiro atoms. The summed E-state index contributed by atoms with van der Waals surface area (Å²) in [5.74, 6) is -2.23. The molecule has 0 saturated carbocycles. The first kappa shape index (κ1) is 21.6. The van der Waals surface area contributed by atoms with E-state index in [1.54, 1.807) is 42.5 Å². The second kappa shape index (κ2) is 7.81. The Kier molecular flexibility index (Phi) is 4.82. The first-order chi connectivity index (χ1) is 16.9. The van der Waals surface area contributed by atoms with Crippen LogP contribution in [0, 0.1) is 21.8 Å². The molecule has 8 heteroatoms. The molecule has 0 radical (unpaired) electrons. The first-order valence-electron chi connectivity index (χ1n) is 11.6. The second-order valence-electron chi connectivity index (χ2n) is 9.40. The Labute approximate surface area is 200 Å². The van der Waals surface area contributed by atoms with Crippen LogP contribution in [0.5, 0.6) is 0 Å². The summed E-state index contributed by atoms with van der Waals surface area (Å²) in [6.45, 7) is 0.593. The molecule has 2 fully saturated rings. The van der Waals surface area contributed by atoms with E-state index in [0.29, 0.717) is 23.4 Å². The van der Waals surface area contributed by atoms with Crippen molar-refractivity contribution in [2.24, 2.45) is 5.92 Å². The molecule has 3 unspecified atom stereocenters. The predicted octanol–water partition coefficient (Wildman–Crippen LogP) is 4.64. The number of rotatable bonds is 4. The van der Waals surface area contributed by atoms with Crippen LogP contribution in [0.1, 0.15) is 40.2 Å². The lowest BCUT2D eigenvalue weighted by Crippen LogP contribution is -2.52. The van der Waals surface area contributed by atoms with E-state index in [0.717, 1.165) is 18.4 Å². The van der Waals surface area contributed by atoms with Crippen LogP contribution in [0.4, 0.5) is 15.8 Å². The lowest BCUT2D eigenvalue weighted by Gasteiger charge is -2.36. The highest BCUT2D eigenvalue weighted by molar-refractivity contribution is 6.12. The number of anilines is 1. The summed E-state index contributed by atoms with van der Waals surface area (Å²) in [5, 5.41) is 14.2. The van der Waals surface area contributed by atoms with Crippen LogP contribution in [0.15, 0.2) is 72.8 Å². The van der Waals surface area contributed by atoms with Gasteiger partial charge in [0.15, 0.2) is 5.78 Å². The Hall–Kier alpha value is -3.91. The molecule has 3 aromatic carbocycles. The normalized spacial score (nSPS) is 27.0. The highest BCUT2D eigenvalue weighted by Crippen LogP contribution is 2.61. The monoisotopic (exact) mass is 471 g/mol. The number of carbonyl (C=O) groups is 2. The van der Waals surface area contributed by atoms with Gasteiger partial charge in [0.1, 0.15) is 11.4 Å². The van der Waals surface area contributed by atoms with Gasteiger partial charge in [-0.1, -0.05) is 42.5 Å². The van der Waals surface area contributed by atoms with Gasteiger partial charge < -0.3 is 5.32 Å². The van der Waals surface area contributed by atoms with Gasteiger partial charge in [-0.25, -0.2) is 4.39 Å². The Morgan fingerprint density at radius 1 is 1.09 bits per heavy atom. The van der Waals surface area contributed by atoms with Crippen molar-refractivity contribution in [3.63, 3.8) is 0 Å². The van der Waals surface area contributed by atoms with Crippen LogP contribution in [-0.2, 0) is 10.3 Å². The molecule has 1 amide bonds. The van der Waals surface area contributed by atoms with E-state index >= 15 is 0 Å². The van der Waals surface area contributed by atoms with E-state index in [1.165, 1.54) is 24.3 Å². The van der Waals surface area contributed by atoms with Crippen molar-refractivity contribution >= 4 is 23.1 Å². The number of Topliss-reactive ketones (excluding diaryl/α,β-unsaturated/α-hetero) is 1. The number of ketones is 1. The molecular formula is C27H22FN3O4. The zero-order valence-corrected chi connectivity index (χ0v) is 18.7. The fourth-order valence-electron chi connectivity index (χ4n) is 6.51. The highest BCUT2D eigenvalue weighted by atomic mass is 19.1. The van der Waals surface area contributed by atoms with Crippen molar-refractivity contribution < 1.29 is 18.9 Å². The summed E-state index contributed by atoms with van der Waals surface area (Å²) >= 11 is 0. The van der Waals surface area contributed by atoms with Crippen LogP contribution in [0.3, 0.4) is 0 Å². The van der Waals surface area contributed by atoms with Gasteiger partial charge in [0.2, 0.25) is 5.91 Å². The number of hydrogen-bond donors (Lipinski definition) is 1. The summed E-state index contributed by atoms with van der Waals surface area (Å²) in [6.07, 6.45) is 1.60. The molecular weight excluding hydrogens is 449 g/mol. The first-order valence-corrected chi connectivity index (χ1v) is 11.6. The number of nitrogens with one attached hydrogen (secondary N) is 1. The van der Waals surface area contributed by atoms with Gasteiger partial charge >= 0.3 is 0 Å². The predicted molar refractivity (Wildman–Crippen MR) is 127 cm³/mol. The van der Waals surface area contributed by atoms with Crippen LogP contribution >= 0.6 is 0 Å². The fraction of sp³-hybridized carbons (Fsp3) is 0.259. The van der Waals surface area contributed by atoms with Gasteiger partial charge in [0.05, 0.1) is 10.8 Å². The number of halogens is 1. The number of nitrogens with zero attached hydrogens (tertiary/aromatic N) is 2. The van der Waals surface area contributed by atoms with Crippen molar-refractivity contribution in [1.82, 2.24) is 4.90 Å². The minimum atomic E-state index is -1.36. The average Bonchev–Trinajstić information content (AvgIpc) is 3.53. The number of carbonyl (C=O) groups excluding carboxylic acids is 2. The largest absolute Gasteiger partial charge is 0.324 e. The molecule has 35 heavy (non-hydrogen) atoms. The molecule has 4 atom stereocenters. The zero-order chi connectivity index (χ0) is 24.3. The molecule has 7 nitrogen and oxygen atoms in total. The Morgan fingerprint density at radius 2 is 1.83 bits per heavy atom. The molecule has 2 saturated heterocycles. The minimum Gasteiger partial charge on any atom is -0.324 e. The number of non-ortho nitro benzene ring substituents is 1. The van der Waals surface area contributed by atoms with Crippen LogP contribution in [-0.4, -0.2) is 34.1 Å². The van der Waals surface area contributed by atoms with E-state index in [4.69, 9.17) is 0 Å². The molecule has 0 aliphatic carbocycles. The van der Waals surface area contributed by atoms with E-state index in [-0.39, 0.29) is 23.4 Å². The van der Waals surface area contributed by atoms with Crippen molar-refractivity contribution in [1.29, 1.82) is 0 Å². The van der Waals surface area contributed by atoms with Gasteiger partial charge in [-0.05, 0) is 43.1 Å². The minimum absolute atomic E-state index is 0.0401. The van der Waals surface area contributed by atoms with Gasteiger partial charge in [-0.15, -0.1) is 0 Å². The van der Waals surface area contributed by atoms with Gasteiger partial charge in [0.25, 0.3) is 5.69 Å². The molecule has 3 aliphatic rings. The van der Waals surface area contributed by atoms with Crippen molar-refractivity contribution in [3.05, 3.63) is 105 Å². The Morgan fingerprint density at radius 3 is 2.54 bits per heavy atom. The van der Waals surface area contributed by atoms with E-state index in [2.05, 4.69) is 10.2 Å². The molecule has 0 bridgehead atoms. The maximum absolute atomic E-state index is 14.6. The van der Waals surface area contributed by atoms with Gasteiger partial charge in [0, 0.05) is 40.9 Å². The van der Waals surface area contributed by atoms with Crippen LogP contribution < -0.4 is 5.32 Å². The number of hydrogen-bond acceptors (Lipinski definition) is 5. The van der Waals surface area contributed by atoms with Gasteiger partial charge in [-0.2, -0.15) is 0 Å². The summed E-state index contributed by atoms with van der Waals surface area (Å²) in [7, 11) is 0. The standard InChI is InChI=1S/C27H22FN3O4/c28-18-10-13-21-20(15-18)27(26(33)29-21)24(25(32)17-5-2-1-3-6-17)23(22-7-4-14-30(22)27)16-8-11-19(12-9-16)31(34)35/h1-3,5-6,8-13,15,22-24H,4,7,14H2,(H,29,33)/t22?,23?,24?,27-/m1/s1. The summed E-state index contributed by atoms with van der Waals surface area (Å²) in [5.41, 5.74) is 0.823. The third-order valence-electron chi connectivity index (χ3n) is 7.79. The molecule has 176 valence electrons. The third kappa shape index (κ3) is 2.99. The molecule has 0 aromatic heterocycles. The number of amides is 1. The summed E-state index contributed by atoms with van der Waals surface area (Å²) < 4.78 is 14.6. The SMILES string of the molecule is O=C(c1ccccc1)C1C(c2ccc([N+](=O)[O-])cc2)C2CCCN2[C@@]12C(=O)Nc1ccc(F)cc12. The van der Waals surface area contributed by atoms with Gasteiger partial charge in [-0.3, -0.25) is 24.6 Å². The van der Waals surface area contributed by atoms with E-state index in [1.807, 2.05) is 6.07 Å². The maximum Gasteiger partial charge on any atom is 0.269 e. The number of fused-ring (bicyclic) bond motifs is 4. The molecule has 3 heterocycles. The molecule has 3 aliphatic heterocycles. The Bertz CT molecular complexity index is 1360. The average molecular weight is 471 g/mol. The number of nitro groups is 1. The molecule has 6 rings (SSSR count). The van der Waals surface area contributed by atoms with Crippen LogP contribution in [0.2, 0.25) is 0 Å². The van der Waals surface area contributed by atoms with Crippen molar-refractivity contribution in [2.75, 3.05) is 11.9 Å². The lowest BCUT2D eigenvalue weighted by atomic mass is 9.68. The fourth-order valence-corrected chi connectivity index (χ4v) is 6.51. The van der Waals surface area contributed by atoms with E-state index < -0.39 is 28.1 Å². The van der Waals surface area contributed by atoms with Crippen molar-refractivity contribution in [3.8, 4) is 0 Å². The summed E-state index contributed by atoms with van der Waals surface area (Å²) in [4.78, 5) is 40.9. The summed E-state index contributed by atoms with van der Waals surface area (Å²) in [6, 6.07) is 19.1. The second-order valence-corrected chi connectivity index (χ2v) is 9.40. The maximum atomic E-state index is 14.6. The number of benzene rings is 3. The van der Waals surface area contributed by atoms with Crippen LogP contribution in [0.25, 0.3) is 0 Å². The van der Waals surface area contributed by atoms with Crippen molar-refractivity contribution in [2.45, 2.75) is 30.3 Å². The lowest BCUT2D eigenvalue weighted by molar-refractivity contribution is -0.384. The third-order valence-corrected chi connectivity index (χ3v) is 7.79. The molecule has 3 aromatic rings. The zero-order valence-electron chi connectivity index (χ0n) is 18.7. The highest BCUT2D eigenvalue weighted by Gasteiger charge is 2.69. The Balaban J connectivity index is 1.60. The smallest absolute Gasteiger partial charge is 0.269 e. The molecule has 1 N–H and O–H groups in total. The number of nitro benzene ring substituents is 1. The van der Waals surface area contributed by atoms with E-state index in [9.17, 15) is 24.1 Å². The topological polar surface area (TPSA) is 92.5 Å². The quantitative estimate of drug-likeness (QED) is 0.340.